The van der Waals surface area contributed by atoms with Gasteiger partial charge >= 0.3 is 0 Å². The number of nitrogens with zero attached hydrogens (tertiary/aromatic N) is 2. The summed E-state index contributed by atoms with van der Waals surface area (Å²) in [6.45, 7) is 0. The number of phenolic OH excluding ortho intramolecular Hbond substituents is 2. The summed E-state index contributed by atoms with van der Waals surface area (Å²) in [7, 11) is 0. The van der Waals surface area contributed by atoms with E-state index in [2.05, 4.69) is 15.5 Å². The molecule has 0 saturated heterocycles. The van der Waals surface area contributed by atoms with Gasteiger partial charge in [0, 0.05) is 22.6 Å². The summed E-state index contributed by atoms with van der Waals surface area (Å²) >= 11 is 1.37. The van der Waals surface area contributed by atoms with Gasteiger partial charge in [-0.1, -0.05) is 0 Å². The molecule has 3 rings (SSSR count). The van der Waals surface area contributed by atoms with Crippen LogP contribution in [0.3, 0.4) is 0 Å². The Bertz CT molecular complexity index is 955. The number of nitrogens with one attached hydrogen (secondary N) is 1. The number of hydrogen-bond donors (Lipinski definition) is 3. The fraction of sp³-hybridized carbons (Fsp3) is 0.0556. The summed E-state index contributed by atoms with van der Waals surface area (Å²) in [5.74, 6) is -0.895. The molecule has 0 aliphatic heterocycles. The van der Waals surface area contributed by atoms with Crippen LogP contribution in [-0.4, -0.2) is 27.3 Å². The molecule has 6 nitrogen and oxygen atoms in total. The number of carbonyl (C=O) groups excluding carboxylic acids is 1. The van der Waals surface area contributed by atoms with E-state index in [0.717, 1.165) is 5.56 Å². The fourth-order valence-corrected chi connectivity index (χ4v) is 2.96. The maximum absolute atomic E-state index is 13.0. The summed E-state index contributed by atoms with van der Waals surface area (Å²) in [6.07, 6.45) is 1.31. The van der Waals surface area contributed by atoms with E-state index in [1.165, 1.54) is 47.9 Å². The van der Waals surface area contributed by atoms with Crippen molar-refractivity contribution < 1.29 is 19.4 Å². The normalized spacial score (nSPS) is 11.0. The predicted molar refractivity (Wildman–Crippen MR) is 96.7 cm³/mol. The van der Waals surface area contributed by atoms with Gasteiger partial charge in [-0.2, -0.15) is 5.10 Å². The predicted octanol–water partition coefficient (Wildman–Crippen LogP) is 3.05. The highest BCUT2D eigenvalue weighted by molar-refractivity contribution is 7.13. The number of thiazole rings is 1. The number of phenols is 2. The van der Waals surface area contributed by atoms with Crippen LogP contribution in [0.2, 0.25) is 0 Å². The number of amides is 1. The largest absolute Gasteiger partial charge is 0.508 e. The summed E-state index contributed by atoms with van der Waals surface area (Å²) in [4.78, 5) is 16.3. The molecule has 0 fully saturated rings. The zero-order chi connectivity index (χ0) is 18.5. The van der Waals surface area contributed by atoms with Crippen molar-refractivity contribution in [1.29, 1.82) is 0 Å². The number of aromatic hydroxyl groups is 2. The molecule has 0 unspecified atom stereocenters. The fourth-order valence-electron chi connectivity index (χ4n) is 2.13. The zero-order valence-electron chi connectivity index (χ0n) is 13.4. The van der Waals surface area contributed by atoms with Crippen molar-refractivity contribution in [3.05, 3.63) is 64.9 Å². The first kappa shape index (κ1) is 17.6. The first-order chi connectivity index (χ1) is 12.5. The van der Waals surface area contributed by atoms with Crippen molar-refractivity contribution >= 4 is 23.5 Å². The number of carbonyl (C=O) groups is 1. The van der Waals surface area contributed by atoms with E-state index in [4.69, 9.17) is 0 Å². The summed E-state index contributed by atoms with van der Waals surface area (Å²) in [5, 5.41) is 25.1. The number of benzene rings is 2. The van der Waals surface area contributed by atoms with Crippen LogP contribution in [0.15, 0.2) is 52.9 Å². The van der Waals surface area contributed by atoms with Crippen LogP contribution in [0, 0.1) is 5.82 Å². The Hall–Kier alpha value is -3.26. The zero-order valence-corrected chi connectivity index (χ0v) is 14.2. The Morgan fingerprint density at radius 2 is 2.00 bits per heavy atom. The molecule has 3 N–H and O–H groups in total. The average molecular weight is 371 g/mol. The third-order valence-electron chi connectivity index (χ3n) is 3.39. The van der Waals surface area contributed by atoms with E-state index >= 15 is 0 Å². The number of aromatic nitrogens is 1. The smallest absolute Gasteiger partial charge is 0.246 e. The molecule has 0 aliphatic rings. The van der Waals surface area contributed by atoms with Gasteiger partial charge in [0.1, 0.15) is 22.3 Å². The van der Waals surface area contributed by atoms with Crippen molar-refractivity contribution in [3.8, 4) is 22.1 Å². The lowest BCUT2D eigenvalue weighted by Crippen LogP contribution is -2.19. The Morgan fingerprint density at radius 1 is 1.23 bits per heavy atom. The van der Waals surface area contributed by atoms with E-state index in [1.54, 1.807) is 17.5 Å². The first-order valence-electron chi connectivity index (χ1n) is 7.55. The van der Waals surface area contributed by atoms with Gasteiger partial charge in [0.2, 0.25) is 5.91 Å². The van der Waals surface area contributed by atoms with Gasteiger partial charge in [-0.25, -0.2) is 14.8 Å². The van der Waals surface area contributed by atoms with Gasteiger partial charge in [-0.05, 0) is 36.4 Å². The molecule has 0 saturated carbocycles. The van der Waals surface area contributed by atoms with Gasteiger partial charge in [0.05, 0.1) is 18.3 Å². The van der Waals surface area contributed by atoms with E-state index in [-0.39, 0.29) is 29.6 Å². The van der Waals surface area contributed by atoms with Crippen LogP contribution in [-0.2, 0) is 11.2 Å². The molecule has 8 heteroatoms. The van der Waals surface area contributed by atoms with Gasteiger partial charge in [0.25, 0.3) is 0 Å². The summed E-state index contributed by atoms with van der Waals surface area (Å²) in [5.41, 5.74) is 4.07. The van der Waals surface area contributed by atoms with Crippen LogP contribution in [0.5, 0.6) is 11.5 Å². The molecule has 0 spiro atoms. The Balaban J connectivity index is 1.58. The van der Waals surface area contributed by atoms with E-state index in [1.807, 2.05) is 0 Å². The molecule has 26 heavy (non-hydrogen) atoms. The summed E-state index contributed by atoms with van der Waals surface area (Å²) < 4.78 is 13.0. The van der Waals surface area contributed by atoms with Crippen molar-refractivity contribution in [3.63, 3.8) is 0 Å². The second kappa shape index (κ2) is 7.75. The molecule has 1 aromatic heterocycles. The van der Waals surface area contributed by atoms with Gasteiger partial charge in [-0.15, -0.1) is 11.3 Å². The number of hydrogen-bond acceptors (Lipinski definition) is 6. The topological polar surface area (TPSA) is 94.8 Å². The quantitative estimate of drug-likeness (QED) is 0.475. The van der Waals surface area contributed by atoms with Crippen molar-refractivity contribution in [2.24, 2.45) is 5.10 Å². The third-order valence-corrected chi connectivity index (χ3v) is 4.33. The number of halogens is 1. The molecule has 1 heterocycles. The Kier molecular flexibility index (Phi) is 5.23. The molecule has 132 valence electrons. The number of hydrazone groups is 1. The summed E-state index contributed by atoms with van der Waals surface area (Å²) in [6, 6.07) is 10.0. The van der Waals surface area contributed by atoms with Crippen molar-refractivity contribution in [2.45, 2.75) is 6.42 Å². The maximum Gasteiger partial charge on any atom is 0.246 e. The van der Waals surface area contributed by atoms with E-state index in [9.17, 15) is 19.4 Å². The molecule has 2 aromatic carbocycles. The molecular formula is C18H14FN3O3S. The van der Waals surface area contributed by atoms with Crippen molar-refractivity contribution in [1.82, 2.24) is 10.4 Å². The molecule has 1 amide bonds. The molecule has 0 atom stereocenters. The minimum atomic E-state index is -0.365. The van der Waals surface area contributed by atoms with E-state index < -0.39 is 0 Å². The lowest BCUT2D eigenvalue weighted by atomic mass is 10.2. The van der Waals surface area contributed by atoms with Crippen LogP contribution < -0.4 is 5.43 Å². The lowest BCUT2D eigenvalue weighted by Gasteiger charge is -2.00. The third kappa shape index (κ3) is 4.42. The van der Waals surface area contributed by atoms with Crippen molar-refractivity contribution in [2.75, 3.05) is 0 Å². The molecular weight excluding hydrogens is 357 g/mol. The molecule has 0 aliphatic carbocycles. The van der Waals surface area contributed by atoms with Crippen LogP contribution >= 0.6 is 11.3 Å². The van der Waals surface area contributed by atoms with Gasteiger partial charge in [0.15, 0.2) is 0 Å². The Labute approximate surface area is 152 Å². The van der Waals surface area contributed by atoms with Crippen LogP contribution in [0.25, 0.3) is 10.6 Å². The van der Waals surface area contributed by atoms with Crippen LogP contribution in [0.4, 0.5) is 4.39 Å². The second-order valence-electron chi connectivity index (χ2n) is 5.36. The number of rotatable bonds is 5. The first-order valence-corrected chi connectivity index (χ1v) is 8.43. The molecule has 3 aromatic rings. The second-order valence-corrected chi connectivity index (χ2v) is 6.22. The highest BCUT2D eigenvalue weighted by Crippen LogP contribution is 2.24. The minimum Gasteiger partial charge on any atom is -0.508 e. The minimum absolute atomic E-state index is 0.0383. The van der Waals surface area contributed by atoms with E-state index in [0.29, 0.717) is 16.3 Å². The highest BCUT2D eigenvalue weighted by atomic mass is 32.1. The highest BCUT2D eigenvalue weighted by Gasteiger charge is 2.09. The molecule has 0 radical (unpaired) electrons. The molecule has 0 bridgehead atoms. The lowest BCUT2D eigenvalue weighted by molar-refractivity contribution is -0.120. The van der Waals surface area contributed by atoms with Gasteiger partial charge < -0.3 is 10.2 Å². The SMILES string of the molecule is O=C(Cc1csc(-c2ccc(F)cc2)n1)N/N=C/c1ccc(O)cc1O. The maximum atomic E-state index is 13.0. The Morgan fingerprint density at radius 3 is 2.73 bits per heavy atom. The standard InChI is InChI=1S/C18H14FN3O3S/c19-13-4-1-11(2-5-13)18-21-14(10-26-18)7-17(25)22-20-9-12-3-6-15(23)8-16(12)24/h1-6,8-10,23-24H,7H2,(H,22,25)/b20-9+. The van der Waals surface area contributed by atoms with Gasteiger partial charge in [-0.3, -0.25) is 4.79 Å². The van der Waals surface area contributed by atoms with Crippen LogP contribution in [0.1, 0.15) is 11.3 Å². The average Bonchev–Trinajstić information content (AvgIpc) is 3.06. The monoisotopic (exact) mass is 371 g/mol.